The summed E-state index contributed by atoms with van der Waals surface area (Å²) in [5.74, 6) is -0.364. The summed E-state index contributed by atoms with van der Waals surface area (Å²) < 4.78 is 7.80. The fourth-order valence-corrected chi connectivity index (χ4v) is 6.23. The van der Waals surface area contributed by atoms with Crippen molar-refractivity contribution in [1.29, 1.82) is 0 Å². The average Bonchev–Trinajstić information content (AvgIpc) is 3.53. The lowest BCUT2D eigenvalue weighted by atomic mass is 10.0. The summed E-state index contributed by atoms with van der Waals surface area (Å²) in [5.41, 5.74) is 9.69. The van der Waals surface area contributed by atoms with E-state index in [1.807, 2.05) is 59.3 Å². The summed E-state index contributed by atoms with van der Waals surface area (Å²) in [6.45, 7) is 1.14. The van der Waals surface area contributed by atoms with Gasteiger partial charge in [0.15, 0.2) is 5.65 Å². The number of carbonyl (C=O) groups is 4. The number of para-hydroxylation sites is 1. The number of imide groups is 2. The van der Waals surface area contributed by atoms with Crippen molar-refractivity contribution in [2.75, 3.05) is 23.7 Å². The number of hydrogen-bond donors (Lipinski definition) is 2. The zero-order valence-corrected chi connectivity index (χ0v) is 24.3. The van der Waals surface area contributed by atoms with Crippen molar-refractivity contribution in [3.05, 3.63) is 90.3 Å². The summed E-state index contributed by atoms with van der Waals surface area (Å²) in [7, 11) is 0. The second-order valence-electron chi connectivity index (χ2n) is 11.4. The molecule has 5 heterocycles. The van der Waals surface area contributed by atoms with Crippen molar-refractivity contribution < 1.29 is 23.9 Å². The summed E-state index contributed by atoms with van der Waals surface area (Å²) in [5, 5.41) is 7.82. The SMILES string of the molecule is Nc1ncnc2c1c(-c1ccc(Oc3ccccc3)cc1)nn2C1CN(c2ccc3c(c2)C(=O)N(C2CCC(=O)NC2=O)C3=O)C1. The highest BCUT2D eigenvalue weighted by atomic mass is 16.5. The van der Waals surface area contributed by atoms with E-state index in [0.29, 0.717) is 41.4 Å². The van der Waals surface area contributed by atoms with Gasteiger partial charge < -0.3 is 15.4 Å². The Hall–Kier alpha value is -6.11. The summed E-state index contributed by atoms with van der Waals surface area (Å²) in [6.07, 6.45) is 1.60. The number of fused-ring (bicyclic) bond motifs is 2. The molecule has 8 rings (SSSR count). The number of aromatic nitrogens is 4. The fourth-order valence-electron chi connectivity index (χ4n) is 6.23. The molecule has 0 saturated carbocycles. The van der Waals surface area contributed by atoms with Gasteiger partial charge >= 0.3 is 0 Å². The third kappa shape index (κ3) is 4.43. The predicted molar refractivity (Wildman–Crippen MR) is 166 cm³/mol. The number of carbonyl (C=O) groups excluding carboxylic acids is 4. The molecule has 3 aliphatic rings. The molecule has 0 radical (unpaired) electrons. The predicted octanol–water partition coefficient (Wildman–Crippen LogP) is 3.33. The Morgan fingerprint density at radius 3 is 2.35 bits per heavy atom. The van der Waals surface area contributed by atoms with Crippen molar-refractivity contribution in [2.45, 2.75) is 24.9 Å². The highest BCUT2D eigenvalue weighted by Crippen LogP contribution is 2.37. The number of nitrogens with two attached hydrogens (primary N) is 1. The van der Waals surface area contributed by atoms with Crippen LogP contribution in [0.1, 0.15) is 39.6 Å². The molecule has 46 heavy (non-hydrogen) atoms. The molecular formula is C33H26N8O5. The van der Waals surface area contributed by atoms with Crippen LogP contribution in [-0.4, -0.2) is 67.4 Å². The van der Waals surface area contributed by atoms with E-state index >= 15 is 0 Å². The average molecular weight is 615 g/mol. The van der Waals surface area contributed by atoms with E-state index in [4.69, 9.17) is 15.6 Å². The molecule has 3 N–H and O–H groups in total. The first-order valence-corrected chi connectivity index (χ1v) is 14.8. The van der Waals surface area contributed by atoms with Crippen molar-refractivity contribution in [3.8, 4) is 22.8 Å². The number of benzene rings is 3. The lowest BCUT2D eigenvalue weighted by Crippen LogP contribution is -2.54. The van der Waals surface area contributed by atoms with Crippen molar-refractivity contribution in [2.24, 2.45) is 0 Å². The molecule has 3 aromatic carbocycles. The van der Waals surface area contributed by atoms with Crippen LogP contribution in [0.4, 0.5) is 11.5 Å². The van der Waals surface area contributed by atoms with E-state index in [9.17, 15) is 19.2 Å². The normalized spacial score (nSPS) is 18.1. The molecule has 1 atom stereocenters. The van der Waals surface area contributed by atoms with E-state index in [1.165, 1.54) is 6.33 Å². The maximum absolute atomic E-state index is 13.3. The van der Waals surface area contributed by atoms with Gasteiger partial charge in [-0.15, -0.1) is 0 Å². The summed E-state index contributed by atoms with van der Waals surface area (Å²) >= 11 is 0. The van der Waals surface area contributed by atoms with Gasteiger partial charge in [-0.2, -0.15) is 5.10 Å². The molecule has 5 aromatic rings. The Labute approximate surface area is 261 Å². The van der Waals surface area contributed by atoms with E-state index in [0.717, 1.165) is 21.9 Å². The molecule has 0 aliphatic carbocycles. The zero-order valence-electron chi connectivity index (χ0n) is 24.3. The largest absolute Gasteiger partial charge is 0.457 e. The van der Waals surface area contributed by atoms with Gasteiger partial charge in [0.25, 0.3) is 11.8 Å². The van der Waals surface area contributed by atoms with Crippen molar-refractivity contribution in [1.82, 2.24) is 30.0 Å². The van der Waals surface area contributed by atoms with Gasteiger partial charge in [-0.1, -0.05) is 18.2 Å². The third-order valence-corrected chi connectivity index (χ3v) is 8.62. The molecule has 2 fully saturated rings. The van der Waals surface area contributed by atoms with Gasteiger partial charge in [0.2, 0.25) is 11.8 Å². The second-order valence-corrected chi connectivity index (χ2v) is 11.4. The first-order chi connectivity index (χ1) is 22.4. The molecule has 2 aromatic heterocycles. The lowest BCUT2D eigenvalue weighted by Gasteiger charge is -2.41. The van der Waals surface area contributed by atoms with Gasteiger partial charge in [0.05, 0.1) is 22.6 Å². The van der Waals surface area contributed by atoms with Gasteiger partial charge in [-0.25, -0.2) is 14.6 Å². The number of anilines is 2. The van der Waals surface area contributed by atoms with Crippen LogP contribution in [-0.2, 0) is 9.59 Å². The summed E-state index contributed by atoms with van der Waals surface area (Å²) in [6, 6.07) is 21.2. The van der Waals surface area contributed by atoms with Gasteiger partial charge in [0.1, 0.15) is 35.4 Å². The Morgan fingerprint density at radius 1 is 0.848 bits per heavy atom. The number of nitrogens with zero attached hydrogens (tertiary/aromatic N) is 6. The third-order valence-electron chi connectivity index (χ3n) is 8.62. The lowest BCUT2D eigenvalue weighted by molar-refractivity contribution is -0.136. The Balaban J connectivity index is 1.02. The fraction of sp³-hybridized carbons (Fsp3) is 0.182. The van der Waals surface area contributed by atoms with Gasteiger partial charge in [-0.3, -0.25) is 29.4 Å². The minimum absolute atomic E-state index is 0.0446. The number of ether oxygens (including phenoxy) is 1. The first kappa shape index (κ1) is 27.4. The minimum Gasteiger partial charge on any atom is -0.457 e. The highest BCUT2D eigenvalue weighted by molar-refractivity contribution is 6.23. The maximum Gasteiger partial charge on any atom is 0.262 e. The van der Waals surface area contributed by atoms with Crippen LogP contribution in [0.2, 0.25) is 0 Å². The molecule has 2 saturated heterocycles. The van der Waals surface area contributed by atoms with Crippen LogP contribution in [0.5, 0.6) is 11.5 Å². The number of amides is 4. The topological polar surface area (TPSA) is 166 Å². The molecule has 13 nitrogen and oxygen atoms in total. The van der Waals surface area contributed by atoms with Crippen LogP contribution in [0.3, 0.4) is 0 Å². The highest BCUT2D eigenvalue weighted by Gasteiger charge is 2.45. The second kappa shape index (κ2) is 10.5. The minimum atomic E-state index is -1.01. The van der Waals surface area contributed by atoms with Crippen molar-refractivity contribution >= 4 is 46.2 Å². The number of nitrogens with one attached hydrogen (secondary N) is 1. The monoisotopic (exact) mass is 614 g/mol. The van der Waals surface area contributed by atoms with E-state index in [-0.39, 0.29) is 30.0 Å². The molecule has 0 spiro atoms. The molecule has 13 heteroatoms. The zero-order chi connectivity index (χ0) is 31.5. The quantitative estimate of drug-likeness (QED) is 0.271. The Morgan fingerprint density at radius 2 is 1.59 bits per heavy atom. The van der Waals surface area contributed by atoms with Crippen LogP contribution in [0, 0.1) is 0 Å². The Kier molecular flexibility index (Phi) is 6.27. The molecule has 4 amide bonds. The van der Waals surface area contributed by atoms with E-state index < -0.39 is 29.7 Å². The standard InChI is InChI=1S/C33H26N8O5/c34-29-27-28(18-6-9-22(10-7-18)46-21-4-2-1-3-5-21)38-41(30(27)36-17-35-29)20-15-39(16-20)19-8-11-23-24(14-19)33(45)40(32(23)44)25-12-13-26(42)37-31(25)43/h1-11,14,17,20,25H,12-13,15-16H2,(H2,34,35,36)(H,37,42,43). The molecule has 1 unspecified atom stereocenters. The van der Waals surface area contributed by atoms with Crippen LogP contribution in [0.25, 0.3) is 22.3 Å². The van der Waals surface area contributed by atoms with Crippen LogP contribution < -0.4 is 20.7 Å². The van der Waals surface area contributed by atoms with Crippen molar-refractivity contribution in [3.63, 3.8) is 0 Å². The van der Waals surface area contributed by atoms with E-state index in [2.05, 4.69) is 20.2 Å². The summed E-state index contributed by atoms with van der Waals surface area (Å²) in [4.78, 5) is 62.2. The smallest absolute Gasteiger partial charge is 0.262 e. The van der Waals surface area contributed by atoms with Gasteiger partial charge in [-0.05, 0) is 61.0 Å². The van der Waals surface area contributed by atoms with Gasteiger partial charge in [0, 0.05) is 30.8 Å². The molecule has 0 bridgehead atoms. The molecule has 3 aliphatic heterocycles. The van der Waals surface area contributed by atoms with Crippen LogP contribution in [0.15, 0.2) is 79.1 Å². The molecular weight excluding hydrogens is 588 g/mol. The Bertz CT molecular complexity index is 2070. The number of piperidine rings is 1. The first-order valence-electron chi connectivity index (χ1n) is 14.8. The number of rotatable bonds is 6. The molecule has 228 valence electrons. The maximum atomic E-state index is 13.3. The van der Waals surface area contributed by atoms with E-state index in [1.54, 1.807) is 18.2 Å². The van der Waals surface area contributed by atoms with Crippen LogP contribution >= 0.6 is 0 Å². The number of hydrogen-bond acceptors (Lipinski definition) is 10. The number of nitrogen functional groups attached to an aromatic ring is 1.